The number of aromatic carboxylic acids is 1. The van der Waals surface area contributed by atoms with Gasteiger partial charge in [-0.3, -0.25) is 10.1 Å². The Morgan fingerprint density at radius 3 is 2.53 bits per heavy atom. The Bertz CT molecular complexity index is 484. The van der Waals surface area contributed by atoms with E-state index in [1.807, 2.05) is 20.8 Å². The lowest BCUT2D eigenvalue weighted by molar-refractivity contribution is -0.385. The fraction of sp³-hybridized carbons (Fsp3) is 0.462. The van der Waals surface area contributed by atoms with Crippen molar-refractivity contribution in [3.63, 3.8) is 0 Å². The summed E-state index contributed by atoms with van der Waals surface area (Å²) < 4.78 is 5.52. The molecule has 1 rings (SSSR count). The molecule has 6 heteroatoms. The van der Waals surface area contributed by atoms with Crippen molar-refractivity contribution in [2.45, 2.75) is 33.3 Å². The normalized spacial score (nSPS) is 12.2. The number of nitrogens with zero attached hydrogens (tertiary/aromatic N) is 1. The summed E-state index contributed by atoms with van der Waals surface area (Å²) in [5.74, 6) is -0.738. The molecule has 1 unspecified atom stereocenters. The number of ether oxygens (including phenoxy) is 1. The Balaban J connectivity index is 3.04. The van der Waals surface area contributed by atoms with Crippen molar-refractivity contribution in [3.05, 3.63) is 33.9 Å². The fourth-order valence-corrected chi connectivity index (χ4v) is 1.83. The average molecular weight is 267 g/mol. The first-order chi connectivity index (χ1) is 8.81. The fourth-order valence-electron chi connectivity index (χ4n) is 1.83. The SMILES string of the molecule is CC(C)CC(C)Oc1cc([N+](=O)[O-])ccc1C(=O)O. The second kappa shape index (κ2) is 6.17. The summed E-state index contributed by atoms with van der Waals surface area (Å²) >= 11 is 0. The zero-order chi connectivity index (χ0) is 14.6. The summed E-state index contributed by atoms with van der Waals surface area (Å²) in [7, 11) is 0. The lowest BCUT2D eigenvalue weighted by Gasteiger charge is -2.17. The number of carbonyl (C=O) groups is 1. The number of non-ortho nitro benzene ring substituents is 1. The van der Waals surface area contributed by atoms with Gasteiger partial charge in [0.05, 0.1) is 17.1 Å². The van der Waals surface area contributed by atoms with E-state index in [9.17, 15) is 14.9 Å². The second-order valence-electron chi connectivity index (χ2n) is 4.80. The van der Waals surface area contributed by atoms with Crippen molar-refractivity contribution in [2.75, 3.05) is 0 Å². The molecule has 0 amide bonds. The van der Waals surface area contributed by atoms with Gasteiger partial charge < -0.3 is 9.84 Å². The minimum absolute atomic E-state index is 0.0369. The van der Waals surface area contributed by atoms with Gasteiger partial charge in [-0.2, -0.15) is 0 Å². The highest BCUT2D eigenvalue weighted by molar-refractivity contribution is 5.91. The van der Waals surface area contributed by atoms with Crippen LogP contribution >= 0.6 is 0 Å². The molecule has 0 heterocycles. The first-order valence-corrected chi connectivity index (χ1v) is 5.99. The molecule has 19 heavy (non-hydrogen) atoms. The lowest BCUT2D eigenvalue weighted by atomic mass is 10.1. The van der Waals surface area contributed by atoms with Gasteiger partial charge in [0.2, 0.25) is 0 Å². The molecule has 1 aromatic carbocycles. The number of carboxylic acid groups (broad SMARTS) is 1. The van der Waals surface area contributed by atoms with Gasteiger partial charge in [0.15, 0.2) is 0 Å². The molecule has 0 aromatic heterocycles. The standard InChI is InChI=1S/C13H17NO5/c1-8(2)6-9(3)19-12-7-10(14(17)18)4-5-11(12)13(15)16/h4-5,7-9H,6H2,1-3H3,(H,15,16). The van der Waals surface area contributed by atoms with E-state index in [0.717, 1.165) is 18.6 Å². The number of benzene rings is 1. The molecule has 0 radical (unpaired) electrons. The maximum atomic E-state index is 11.1. The first kappa shape index (κ1) is 14.9. The van der Waals surface area contributed by atoms with Crippen LogP contribution in [0.5, 0.6) is 5.75 Å². The summed E-state index contributed by atoms with van der Waals surface area (Å²) in [4.78, 5) is 21.2. The van der Waals surface area contributed by atoms with E-state index >= 15 is 0 Å². The lowest BCUT2D eigenvalue weighted by Crippen LogP contribution is -2.16. The molecule has 6 nitrogen and oxygen atoms in total. The molecule has 0 aliphatic rings. The van der Waals surface area contributed by atoms with Gasteiger partial charge in [-0.25, -0.2) is 4.79 Å². The highest BCUT2D eigenvalue weighted by Crippen LogP contribution is 2.26. The van der Waals surface area contributed by atoms with Crippen LogP contribution in [-0.4, -0.2) is 22.1 Å². The van der Waals surface area contributed by atoms with Gasteiger partial charge in [-0.1, -0.05) is 13.8 Å². The van der Waals surface area contributed by atoms with Crippen molar-refractivity contribution < 1.29 is 19.6 Å². The molecule has 0 saturated carbocycles. The van der Waals surface area contributed by atoms with Crippen molar-refractivity contribution in [1.29, 1.82) is 0 Å². The third-order valence-corrected chi connectivity index (χ3v) is 2.54. The molecule has 1 aromatic rings. The van der Waals surface area contributed by atoms with Crippen LogP contribution in [0, 0.1) is 16.0 Å². The zero-order valence-corrected chi connectivity index (χ0v) is 11.1. The van der Waals surface area contributed by atoms with E-state index in [-0.39, 0.29) is 23.1 Å². The number of carboxylic acids is 1. The highest BCUT2D eigenvalue weighted by atomic mass is 16.6. The molecular formula is C13H17NO5. The molecule has 1 atom stereocenters. The van der Waals surface area contributed by atoms with E-state index in [1.54, 1.807) is 0 Å². The zero-order valence-electron chi connectivity index (χ0n) is 11.1. The molecular weight excluding hydrogens is 250 g/mol. The molecule has 0 aliphatic heterocycles. The highest BCUT2D eigenvalue weighted by Gasteiger charge is 2.18. The van der Waals surface area contributed by atoms with Gasteiger partial charge in [0, 0.05) is 6.07 Å². The van der Waals surface area contributed by atoms with Crippen molar-refractivity contribution in [1.82, 2.24) is 0 Å². The van der Waals surface area contributed by atoms with Crippen LogP contribution in [0.15, 0.2) is 18.2 Å². The van der Waals surface area contributed by atoms with E-state index in [2.05, 4.69) is 0 Å². The Kier molecular flexibility index (Phi) is 4.86. The smallest absolute Gasteiger partial charge is 0.339 e. The molecule has 0 saturated heterocycles. The van der Waals surface area contributed by atoms with E-state index in [0.29, 0.717) is 5.92 Å². The van der Waals surface area contributed by atoms with Crippen molar-refractivity contribution in [3.8, 4) is 5.75 Å². The summed E-state index contributed by atoms with van der Waals surface area (Å²) in [6.45, 7) is 5.85. The Morgan fingerprint density at radius 2 is 2.05 bits per heavy atom. The Morgan fingerprint density at radius 1 is 1.42 bits per heavy atom. The largest absolute Gasteiger partial charge is 0.490 e. The Hall–Kier alpha value is -2.11. The van der Waals surface area contributed by atoms with E-state index in [4.69, 9.17) is 9.84 Å². The summed E-state index contributed by atoms with van der Waals surface area (Å²) in [5.41, 5.74) is -0.252. The third-order valence-electron chi connectivity index (χ3n) is 2.54. The van der Waals surface area contributed by atoms with Crippen LogP contribution in [0.3, 0.4) is 0 Å². The quantitative estimate of drug-likeness (QED) is 0.631. The van der Waals surface area contributed by atoms with Crippen LogP contribution < -0.4 is 4.74 Å². The molecule has 104 valence electrons. The maximum absolute atomic E-state index is 11.1. The molecule has 0 spiro atoms. The van der Waals surface area contributed by atoms with Crippen molar-refractivity contribution >= 4 is 11.7 Å². The monoisotopic (exact) mass is 267 g/mol. The van der Waals surface area contributed by atoms with Crippen LogP contribution in [0.2, 0.25) is 0 Å². The summed E-state index contributed by atoms with van der Waals surface area (Å²) in [6.07, 6.45) is 0.530. The van der Waals surface area contributed by atoms with E-state index < -0.39 is 10.9 Å². The number of nitro benzene ring substituents is 1. The number of hydrogen-bond donors (Lipinski definition) is 1. The maximum Gasteiger partial charge on any atom is 0.339 e. The van der Waals surface area contributed by atoms with Gasteiger partial charge in [-0.15, -0.1) is 0 Å². The number of rotatable bonds is 6. The second-order valence-corrected chi connectivity index (χ2v) is 4.80. The third kappa shape index (κ3) is 4.24. The first-order valence-electron chi connectivity index (χ1n) is 5.99. The van der Waals surface area contributed by atoms with Gasteiger partial charge in [0.25, 0.3) is 5.69 Å². The number of hydrogen-bond acceptors (Lipinski definition) is 4. The van der Waals surface area contributed by atoms with Crippen LogP contribution in [0.4, 0.5) is 5.69 Å². The minimum atomic E-state index is -1.17. The van der Waals surface area contributed by atoms with Crippen molar-refractivity contribution in [2.24, 2.45) is 5.92 Å². The van der Waals surface area contributed by atoms with Gasteiger partial charge >= 0.3 is 5.97 Å². The molecule has 0 aliphatic carbocycles. The average Bonchev–Trinajstić information content (AvgIpc) is 2.26. The number of nitro groups is 1. The van der Waals surface area contributed by atoms with Gasteiger partial charge in [-0.05, 0) is 25.3 Å². The van der Waals surface area contributed by atoms with Crippen LogP contribution in [-0.2, 0) is 0 Å². The summed E-state index contributed by atoms with van der Waals surface area (Å²) in [6, 6.07) is 3.50. The molecule has 0 fully saturated rings. The predicted octanol–water partition coefficient (Wildman–Crippen LogP) is 3.11. The topological polar surface area (TPSA) is 89.7 Å². The summed E-state index contributed by atoms with van der Waals surface area (Å²) in [5, 5.41) is 19.7. The molecule has 0 bridgehead atoms. The predicted molar refractivity (Wildman–Crippen MR) is 69.6 cm³/mol. The van der Waals surface area contributed by atoms with Crippen LogP contribution in [0.25, 0.3) is 0 Å². The van der Waals surface area contributed by atoms with Gasteiger partial charge in [0.1, 0.15) is 11.3 Å². The minimum Gasteiger partial charge on any atom is -0.490 e. The Labute approximate surface area is 111 Å². The molecule has 1 N–H and O–H groups in total. The van der Waals surface area contributed by atoms with E-state index in [1.165, 1.54) is 6.07 Å². The van der Waals surface area contributed by atoms with Crippen LogP contribution in [0.1, 0.15) is 37.6 Å².